The zero-order valence-electron chi connectivity index (χ0n) is 15.8. The molecule has 1 heterocycles. The van der Waals surface area contributed by atoms with Crippen LogP contribution in [0.3, 0.4) is 0 Å². The zero-order valence-corrected chi connectivity index (χ0v) is 15.8. The van der Waals surface area contributed by atoms with Crippen LogP contribution < -0.4 is 19.5 Å². The highest BCUT2D eigenvalue weighted by Gasteiger charge is 2.22. The van der Waals surface area contributed by atoms with Crippen LogP contribution in [0.2, 0.25) is 0 Å². The molecule has 0 fully saturated rings. The average molecular weight is 392 g/mol. The smallest absolute Gasteiger partial charge is 0.317 e. The van der Waals surface area contributed by atoms with Gasteiger partial charge in [0.2, 0.25) is 0 Å². The van der Waals surface area contributed by atoms with Gasteiger partial charge in [-0.3, -0.25) is 0 Å². The molecule has 2 amide bonds. The summed E-state index contributed by atoms with van der Waals surface area (Å²) in [5, 5.41) is 2.74. The lowest BCUT2D eigenvalue weighted by atomic mass is 9.99. The maximum atomic E-state index is 13.5. The molecule has 3 rings (SSSR count). The lowest BCUT2D eigenvalue weighted by Gasteiger charge is -2.29. The molecule has 150 valence electrons. The van der Waals surface area contributed by atoms with E-state index in [4.69, 9.17) is 14.2 Å². The topological polar surface area (TPSA) is 60.0 Å². The first-order valence-corrected chi connectivity index (χ1v) is 8.86. The number of carbonyl (C=O) groups is 1. The molecule has 0 radical (unpaired) electrons. The molecule has 0 atom stereocenters. The first-order valence-electron chi connectivity index (χ1n) is 8.86. The second kappa shape index (κ2) is 8.77. The lowest BCUT2D eigenvalue weighted by Crippen LogP contribution is -2.43. The molecule has 0 saturated heterocycles. The molecular formula is C20H22F2N2O4. The molecule has 0 unspecified atom stereocenters. The predicted octanol–water partition coefficient (Wildman–Crippen LogP) is 3.13. The van der Waals surface area contributed by atoms with Crippen LogP contribution in [0.5, 0.6) is 17.2 Å². The van der Waals surface area contributed by atoms with Gasteiger partial charge in [0.05, 0.1) is 20.8 Å². The monoisotopic (exact) mass is 392 g/mol. The van der Waals surface area contributed by atoms with E-state index < -0.39 is 11.6 Å². The number of ether oxygens (including phenoxy) is 3. The number of rotatable bonds is 6. The van der Waals surface area contributed by atoms with Gasteiger partial charge in [0, 0.05) is 19.2 Å². The van der Waals surface area contributed by atoms with E-state index in [9.17, 15) is 13.6 Å². The van der Waals surface area contributed by atoms with E-state index in [0.717, 1.165) is 23.3 Å². The Morgan fingerprint density at radius 3 is 2.46 bits per heavy atom. The quantitative estimate of drug-likeness (QED) is 0.768. The van der Waals surface area contributed by atoms with Crippen molar-refractivity contribution in [3.63, 3.8) is 0 Å². The fourth-order valence-electron chi connectivity index (χ4n) is 3.08. The van der Waals surface area contributed by atoms with Gasteiger partial charge in [-0.15, -0.1) is 0 Å². The predicted molar refractivity (Wildman–Crippen MR) is 98.9 cm³/mol. The summed E-state index contributed by atoms with van der Waals surface area (Å²) >= 11 is 0. The van der Waals surface area contributed by atoms with Crippen LogP contribution in [0, 0.1) is 11.6 Å². The minimum Gasteiger partial charge on any atom is -0.493 e. The summed E-state index contributed by atoms with van der Waals surface area (Å²) in [7, 11) is 3.16. The summed E-state index contributed by atoms with van der Waals surface area (Å²) in [5.74, 6) is -0.202. The SMILES string of the molecule is COc1cc2c(cc1OC)CN(C(=O)NCCOc1ccc(F)cc1F)CC2. The molecule has 2 aromatic rings. The molecule has 1 N–H and O–H groups in total. The van der Waals surface area contributed by atoms with Gasteiger partial charge in [-0.05, 0) is 41.8 Å². The molecule has 0 spiro atoms. The Kier molecular flexibility index (Phi) is 6.18. The number of carbonyl (C=O) groups excluding carboxylic acids is 1. The van der Waals surface area contributed by atoms with Crippen LogP contribution in [0.1, 0.15) is 11.1 Å². The summed E-state index contributed by atoms with van der Waals surface area (Å²) in [6.45, 7) is 1.30. The van der Waals surface area contributed by atoms with Gasteiger partial charge in [-0.1, -0.05) is 0 Å². The molecule has 0 aliphatic carbocycles. The number of amides is 2. The van der Waals surface area contributed by atoms with Crippen molar-refractivity contribution in [3.8, 4) is 17.2 Å². The molecule has 1 aliphatic rings. The van der Waals surface area contributed by atoms with Crippen LogP contribution >= 0.6 is 0 Å². The van der Waals surface area contributed by atoms with E-state index in [1.54, 1.807) is 19.1 Å². The highest BCUT2D eigenvalue weighted by molar-refractivity contribution is 5.74. The lowest BCUT2D eigenvalue weighted by molar-refractivity contribution is 0.189. The molecule has 0 saturated carbocycles. The maximum Gasteiger partial charge on any atom is 0.317 e. The van der Waals surface area contributed by atoms with E-state index in [2.05, 4.69) is 5.32 Å². The third kappa shape index (κ3) is 4.44. The minimum absolute atomic E-state index is 0.0522. The van der Waals surface area contributed by atoms with Crippen molar-refractivity contribution < 1.29 is 27.8 Å². The molecule has 0 aromatic heterocycles. The molecule has 8 heteroatoms. The van der Waals surface area contributed by atoms with Crippen molar-refractivity contribution in [2.45, 2.75) is 13.0 Å². The maximum absolute atomic E-state index is 13.5. The number of nitrogens with one attached hydrogen (secondary N) is 1. The number of nitrogens with zero attached hydrogens (tertiary/aromatic N) is 1. The Labute approximate surface area is 162 Å². The van der Waals surface area contributed by atoms with E-state index in [-0.39, 0.29) is 24.9 Å². The Balaban J connectivity index is 1.52. The third-order valence-electron chi connectivity index (χ3n) is 4.54. The van der Waals surface area contributed by atoms with Crippen molar-refractivity contribution in [2.24, 2.45) is 0 Å². The van der Waals surface area contributed by atoms with Gasteiger partial charge < -0.3 is 24.4 Å². The summed E-state index contributed by atoms with van der Waals surface area (Å²) < 4.78 is 42.2. The largest absolute Gasteiger partial charge is 0.493 e. The first-order chi connectivity index (χ1) is 13.5. The van der Waals surface area contributed by atoms with Crippen molar-refractivity contribution >= 4 is 6.03 Å². The standard InChI is InChI=1S/C20H22F2N2O4/c1-26-18-9-13-5-7-24(12-14(13)10-19(18)27-2)20(25)23-6-8-28-17-4-3-15(21)11-16(17)22/h3-4,9-11H,5-8,12H2,1-2H3,(H,23,25). The van der Waals surface area contributed by atoms with Crippen molar-refractivity contribution in [1.82, 2.24) is 10.2 Å². The zero-order chi connectivity index (χ0) is 20.1. The molecule has 0 bridgehead atoms. The van der Waals surface area contributed by atoms with Crippen LogP contribution in [0.15, 0.2) is 30.3 Å². The normalized spacial score (nSPS) is 12.9. The van der Waals surface area contributed by atoms with E-state index in [1.165, 1.54) is 6.07 Å². The average Bonchev–Trinajstić information content (AvgIpc) is 2.70. The van der Waals surface area contributed by atoms with E-state index in [0.29, 0.717) is 31.0 Å². The van der Waals surface area contributed by atoms with Crippen LogP contribution in [-0.4, -0.2) is 44.8 Å². The van der Waals surface area contributed by atoms with Crippen LogP contribution in [0.4, 0.5) is 13.6 Å². The number of halogens is 2. The minimum atomic E-state index is -0.775. The van der Waals surface area contributed by atoms with Gasteiger partial charge in [0.1, 0.15) is 12.4 Å². The van der Waals surface area contributed by atoms with Gasteiger partial charge in [0.25, 0.3) is 0 Å². The number of urea groups is 1. The summed E-state index contributed by atoms with van der Waals surface area (Å²) in [6, 6.07) is 6.68. The highest BCUT2D eigenvalue weighted by Crippen LogP contribution is 2.33. The molecular weight excluding hydrogens is 370 g/mol. The number of methoxy groups -OCH3 is 2. The number of benzene rings is 2. The summed E-state index contributed by atoms with van der Waals surface area (Å²) in [6.07, 6.45) is 0.709. The Morgan fingerprint density at radius 1 is 1.07 bits per heavy atom. The Morgan fingerprint density at radius 2 is 1.79 bits per heavy atom. The third-order valence-corrected chi connectivity index (χ3v) is 4.54. The summed E-state index contributed by atoms with van der Waals surface area (Å²) in [5.41, 5.74) is 2.13. The van der Waals surface area contributed by atoms with Crippen molar-refractivity contribution in [2.75, 3.05) is 33.9 Å². The Hall–Kier alpha value is -3.03. The summed E-state index contributed by atoms with van der Waals surface area (Å²) in [4.78, 5) is 14.1. The Bertz CT molecular complexity index is 860. The number of hydrogen-bond donors (Lipinski definition) is 1. The first kappa shape index (κ1) is 19.7. The fraction of sp³-hybridized carbons (Fsp3) is 0.350. The van der Waals surface area contributed by atoms with E-state index in [1.807, 2.05) is 12.1 Å². The van der Waals surface area contributed by atoms with Crippen LogP contribution in [0.25, 0.3) is 0 Å². The van der Waals surface area contributed by atoms with E-state index >= 15 is 0 Å². The molecule has 6 nitrogen and oxygen atoms in total. The fourth-order valence-corrected chi connectivity index (χ4v) is 3.08. The molecule has 2 aromatic carbocycles. The van der Waals surface area contributed by atoms with Gasteiger partial charge >= 0.3 is 6.03 Å². The molecule has 1 aliphatic heterocycles. The van der Waals surface area contributed by atoms with Crippen LogP contribution in [-0.2, 0) is 13.0 Å². The van der Waals surface area contributed by atoms with Crippen molar-refractivity contribution in [1.29, 1.82) is 0 Å². The number of fused-ring (bicyclic) bond motifs is 1. The van der Waals surface area contributed by atoms with Gasteiger partial charge in [-0.2, -0.15) is 0 Å². The second-order valence-corrected chi connectivity index (χ2v) is 6.30. The van der Waals surface area contributed by atoms with Gasteiger partial charge in [0.15, 0.2) is 23.1 Å². The number of hydrogen-bond acceptors (Lipinski definition) is 4. The van der Waals surface area contributed by atoms with Gasteiger partial charge in [-0.25, -0.2) is 13.6 Å². The second-order valence-electron chi connectivity index (χ2n) is 6.30. The molecule has 28 heavy (non-hydrogen) atoms. The van der Waals surface area contributed by atoms with Crippen molar-refractivity contribution in [3.05, 3.63) is 53.1 Å². The highest BCUT2D eigenvalue weighted by atomic mass is 19.1.